The highest BCUT2D eigenvalue weighted by Gasteiger charge is 2.14. The van der Waals surface area contributed by atoms with Gasteiger partial charge >= 0.3 is 0 Å². The summed E-state index contributed by atoms with van der Waals surface area (Å²) in [7, 11) is 0. The van der Waals surface area contributed by atoms with Gasteiger partial charge < -0.3 is 10.1 Å². The van der Waals surface area contributed by atoms with Crippen LogP contribution in [0.5, 0.6) is 5.75 Å². The fraction of sp³-hybridized carbons (Fsp3) is 0.154. The summed E-state index contributed by atoms with van der Waals surface area (Å²) in [5, 5.41) is 8.05. The summed E-state index contributed by atoms with van der Waals surface area (Å²) in [6.45, 7) is 3.29. The van der Waals surface area contributed by atoms with Gasteiger partial charge in [0.25, 0.3) is 5.91 Å². The monoisotopic (exact) mass is 445 g/mol. The van der Waals surface area contributed by atoms with Gasteiger partial charge in [0, 0.05) is 22.8 Å². The van der Waals surface area contributed by atoms with E-state index in [4.69, 9.17) is 16.3 Å². The first-order valence-corrected chi connectivity index (χ1v) is 10.8. The van der Waals surface area contributed by atoms with Crippen molar-refractivity contribution in [1.82, 2.24) is 15.1 Å². The van der Waals surface area contributed by atoms with Crippen LogP contribution in [-0.2, 0) is 19.7 Å². The number of rotatable bonds is 8. The third-order valence-corrected chi connectivity index (χ3v) is 5.32. The molecule has 0 aliphatic heterocycles. The van der Waals surface area contributed by atoms with E-state index in [1.807, 2.05) is 85.8 Å². The summed E-state index contributed by atoms with van der Waals surface area (Å²) in [5.41, 5.74) is 4.28. The minimum Gasteiger partial charge on any atom is -0.489 e. The standard InChI is InChI=1S/C26H24ClN3O2/c1-19-14-24(26(31)28-16-20-8-4-2-5-9-20)29-30(19)17-22-15-23(27)12-13-25(22)32-18-21-10-6-3-7-11-21/h2-15H,16-18H2,1H3,(H,28,31). The van der Waals surface area contributed by atoms with Crippen molar-refractivity contribution in [1.29, 1.82) is 0 Å². The number of aryl methyl sites for hydroxylation is 1. The Morgan fingerprint density at radius 1 is 0.969 bits per heavy atom. The molecule has 1 amide bonds. The molecular formula is C26H24ClN3O2. The zero-order valence-corrected chi connectivity index (χ0v) is 18.5. The van der Waals surface area contributed by atoms with E-state index < -0.39 is 0 Å². The number of benzene rings is 3. The Labute approximate surface area is 192 Å². The van der Waals surface area contributed by atoms with Crippen LogP contribution in [0, 0.1) is 6.92 Å². The molecule has 4 rings (SSSR count). The lowest BCUT2D eigenvalue weighted by atomic mass is 10.2. The second-order valence-corrected chi connectivity index (χ2v) is 7.96. The zero-order valence-electron chi connectivity index (χ0n) is 17.8. The Balaban J connectivity index is 1.46. The fourth-order valence-corrected chi connectivity index (χ4v) is 3.55. The maximum absolute atomic E-state index is 12.6. The highest BCUT2D eigenvalue weighted by atomic mass is 35.5. The predicted molar refractivity (Wildman–Crippen MR) is 126 cm³/mol. The molecule has 1 N–H and O–H groups in total. The van der Waals surface area contributed by atoms with Crippen molar-refractivity contribution in [3.8, 4) is 5.75 Å². The van der Waals surface area contributed by atoms with Crippen LogP contribution in [0.25, 0.3) is 0 Å². The van der Waals surface area contributed by atoms with Gasteiger partial charge in [-0.2, -0.15) is 5.10 Å². The molecule has 6 heteroatoms. The lowest BCUT2D eigenvalue weighted by Gasteiger charge is -2.13. The molecule has 1 heterocycles. The number of aromatic nitrogens is 2. The number of halogens is 1. The molecule has 0 aliphatic rings. The number of amides is 1. The fourth-order valence-electron chi connectivity index (χ4n) is 3.36. The summed E-state index contributed by atoms with van der Waals surface area (Å²) >= 11 is 6.25. The zero-order chi connectivity index (χ0) is 22.3. The molecule has 3 aromatic carbocycles. The Kier molecular flexibility index (Phi) is 6.87. The first-order valence-electron chi connectivity index (χ1n) is 10.4. The largest absolute Gasteiger partial charge is 0.489 e. The van der Waals surface area contributed by atoms with Gasteiger partial charge in [0.1, 0.15) is 18.1 Å². The molecule has 0 spiro atoms. The van der Waals surface area contributed by atoms with E-state index in [2.05, 4.69) is 10.4 Å². The topological polar surface area (TPSA) is 56.2 Å². The van der Waals surface area contributed by atoms with Crippen LogP contribution in [0.3, 0.4) is 0 Å². The Hall–Kier alpha value is -3.57. The summed E-state index contributed by atoms with van der Waals surface area (Å²) < 4.78 is 7.84. The smallest absolute Gasteiger partial charge is 0.272 e. The molecule has 0 saturated carbocycles. The lowest BCUT2D eigenvalue weighted by molar-refractivity contribution is 0.0945. The third-order valence-electron chi connectivity index (χ3n) is 5.09. The summed E-state index contributed by atoms with van der Waals surface area (Å²) in [5.74, 6) is 0.533. The Morgan fingerprint density at radius 3 is 2.38 bits per heavy atom. The Bertz CT molecular complexity index is 1190. The quantitative estimate of drug-likeness (QED) is 0.395. The average Bonchev–Trinajstić information content (AvgIpc) is 3.18. The number of hydrogen-bond acceptors (Lipinski definition) is 3. The van der Waals surface area contributed by atoms with Gasteiger partial charge in [-0.15, -0.1) is 0 Å². The maximum Gasteiger partial charge on any atom is 0.272 e. The SMILES string of the molecule is Cc1cc(C(=O)NCc2ccccc2)nn1Cc1cc(Cl)ccc1OCc1ccccc1. The van der Waals surface area contributed by atoms with E-state index in [1.165, 1.54) is 0 Å². The van der Waals surface area contributed by atoms with Gasteiger partial charge in [-0.25, -0.2) is 0 Å². The minimum atomic E-state index is -0.206. The first kappa shape index (κ1) is 21.7. The molecule has 4 aromatic rings. The molecule has 0 saturated heterocycles. The molecule has 0 unspecified atom stereocenters. The predicted octanol–water partition coefficient (Wildman–Crippen LogP) is 5.40. The molecule has 162 valence electrons. The van der Waals surface area contributed by atoms with Gasteiger partial charge in [0.05, 0.1) is 6.54 Å². The second kappa shape index (κ2) is 10.2. The van der Waals surface area contributed by atoms with Crippen LogP contribution in [0.15, 0.2) is 84.9 Å². The molecule has 0 aliphatic carbocycles. The summed E-state index contributed by atoms with van der Waals surface area (Å²) in [6, 6.07) is 27.1. The van der Waals surface area contributed by atoms with Crippen LogP contribution < -0.4 is 10.1 Å². The highest BCUT2D eigenvalue weighted by molar-refractivity contribution is 6.30. The molecule has 5 nitrogen and oxygen atoms in total. The number of nitrogens with zero attached hydrogens (tertiary/aromatic N) is 2. The van der Waals surface area contributed by atoms with Gasteiger partial charge in [-0.05, 0) is 42.3 Å². The lowest BCUT2D eigenvalue weighted by Crippen LogP contribution is -2.23. The second-order valence-electron chi connectivity index (χ2n) is 7.52. The van der Waals surface area contributed by atoms with Crippen molar-refractivity contribution in [2.24, 2.45) is 0 Å². The first-order chi connectivity index (χ1) is 15.6. The summed E-state index contributed by atoms with van der Waals surface area (Å²) in [4.78, 5) is 12.6. The van der Waals surface area contributed by atoms with Gasteiger partial charge in [0.2, 0.25) is 0 Å². The van der Waals surface area contributed by atoms with E-state index in [0.717, 1.165) is 28.1 Å². The molecule has 0 radical (unpaired) electrons. The van der Waals surface area contributed by atoms with Crippen molar-refractivity contribution < 1.29 is 9.53 Å². The number of carbonyl (C=O) groups is 1. The third kappa shape index (κ3) is 5.56. The number of hydrogen-bond donors (Lipinski definition) is 1. The molecular weight excluding hydrogens is 422 g/mol. The van der Waals surface area contributed by atoms with Gasteiger partial charge in [-0.1, -0.05) is 72.3 Å². The van der Waals surface area contributed by atoms with Crippen LogP contribution >= 0.6 is 11.6 Å². The average molecular weight is 446 g/mol. The van der Waals surface area contributed by atoms with Crippen molar-refractivity contribution in [3.05, 3.63) is 118 Å². The van der Waals surface area contributed by atoms with E-state index >= 15 is 0 Å². The molecule has 0 atom stereocenters. The van der Waals surface area contributed by atoms with Crippen LogP contribution in [0.4, 0.5) is 0 Å². The van der Waals surface area contributed by atoms with Crippen molar-refractivity contribution in [2.75, 3.05) is 0 Å². The van der Waals surface area contributed by atoms with Crippen molar-refractivity contribution >= 4 is 17.5 Å². The molecule has 0 fully saturated rings. The highest BCUT2D eigenvalue weighted by Crippen LogP contribution is 2.25. The molecule has 32 heavy (non-hydrogen) atoms. The molecule has 0 bridgehead atoms. The maximum atomic E-state index is 12.6. The van der Waals surface area contributed by atoms with E-state index in [9.17, 15) is 4.79 Å². The van der Waals surface area contributed by atoms with Crippen molar-refractivity contribution in [3.63, 3.8) is 0 Å². The van der Waals surface area contributed by atoms with E-state index in [-0.39, 0.29) is 5.91 Å². The van der Waals surface area contributed by atoms with Gasteiger partial charge in [-0.3, -0.25) is 9.48 Å². The number of nitrogens with one attached hydrogen (secondary N) is 1. The van der Waals surface area contributed by atoms with E-state index in [0.29, 0.717) is 30.4 Å². The van der Waals surface area contributed by atoms with Crippen molar-refractivity contribution in [2.45, 2.75) is 26.6 Å². The normalized spacial score (nSPS) is 10.7. The summed E-state index contributed by atoms with van der Waals surface area (Å²) in [6.07, 6.45) is 0. The van der Waals surface area contributed by atoms with Crippen LogP contribution in [0.2, 0.25) is 5.02 Å². The van der Waals surface area contributed by atoms with Crippen LogP contribution in [0.1, 0.15) is 32.9 Å². The van der Waals surface area contributed by atoms with Gasteiger partial charge in [0.15, 0.2) is 0 Å². The molecule has 1 aromatic heterocycles. The Morgan fingerprint density at radius 2 is 1.66 bits per heavy atom. The number of ether oxygens (including phenoxy) is 1. The van der Waals surface area contributed by atoms with E-state index in [1.54, 1.807) is 10.7 Å². The number of carbonyl (C=O) groups excluding carboxylic acids is 1. The minimum absolute atomic E-state index is 0.206. The van der Waals surface area contributed by atoms with Crippen LogP contribution in [-0.4, -0.2) is 15.7 Å².